The molecule has 0 aromatic heterocycles. The van der Waals surface area contributed by atoms with Crippen LogP contribution in [0.15, 0.2) is 72.8 Å². The Balaban J connectivity index is 1.67. The number of carbonyl (C=O) groups excluding carboxylic acids is 1. The largest absolute Gasteiger partial charge is 0.496 e. The highest BCUT2D eigenvalue weighted by Gasteiger charge is 2.17. The van der Waals surface area contributed by atoms with Gasteiger partial charge in [0.25, 0.3) is 0 Å². The molecule has 0 aliphatic carbocycles. The van der Waals surface area contributed by atoms with Gasteiger partial charge in [0.05, 0.1) is 7.11 Å². The maximum absolute atomic E-state index is 13.1. The van der Waals surface area contributed by atoms with E-state index < -0.39 is 0 Å². The van der Waals surface area contributed by atoms with Crippen LogP contribution in [-0.4, -0.2) is 70.0 Å². The fraction of sp³-hybridized carbons (Fsp3) is 0.323. The monoisotopic (exact) mass is 483 g/mol. The molecule has 0 unspecified atom stereocenters. The van der Waals surface area contributed by atoms with Gasteiger partial charge in [-0.2, -0.15) is 0 Å². The summed E-state index contributed by atoms with van der Waals surface area (Å²) in [7, 11) is 7.95. The van der Waals surface area contributed by atoms with Gasteiger partial charge in [-0.15, -0.1) is 0 Å². The number of likely N-dealkylation sites (N-methyl/N-ethyl adjacent to an activating group) is 1. The van der Waals surface area contributed by atoms with Crippen molar-refractivity contribution >= 4 is 17.5 Å². The Bertz CT molecular complexity index is 1220. The van der Waals surface area contributed by atoms with Gasteiger partial charge < -0.3 is 19.4 Å². The summed E-state index contributed by atoms with van der Waals surface area (Å²) in [6, 6.07) is 22.5. The number of para-hydroxylation sites is 1. The van der Waals surface area contributed by atoms with E-state index in [1.54, 1.807) is 13.2 Å². The lowest BCUT2D eigenvalue weighted by Gasteiger charge is -2.26. The number of hydrogen-bond acceptors (Lipinski definition) is 5. The molecule has 0 atom stereocenters. The minimum Gasteiger partial charge on any atom is -0.496 e. The highest BCUT2D eigenvalue weighted by molar-refractivity contribution is 6.07. The van der Waals surface area contributed by atoms with Crippen LogP contribution < -0.4 is 9.64 Å². The van der Waals surface area contributed by atoms with Crippen LogP contribution in [0.1, 0.15) is 27.9 Å². The maximum atomic E-state index is 13.1. The zero-order chi connectivity index (χ0) is 25.5. The maximum Gasteiger partial charge on any atom is 0.185 e. The third-order valence-electron chi connectivity index (χ3n) is 6.63. The van der Waals surface area contributed by atoms with Crippen molar-refractivity contribution in [1.29, 1.82) is 0 Å². The average Bonchev–Trinajstić information content (AvgIpc) is 3.11. The molecular weight excluding hydrogens is 446 g/mol. The van der Waals surface area contributed by atoms with E-state index in [2.05, 4.69) is 52.1 Å². The minimum atomic E-state index is 0.0194. The molecule has 36 heavy (non-hydrogen) atoms. The van der Waals surface area contributed by atoms with Crippen molar-refractivity contribution in [2.45, 2.75) is 13.0 Å². The Labute approximate surface area is 215 Å². The summed E-state index contributed by atoms with van der Waals surface area (Å²) in [6.07, 6.45) is 4.79. The van der Waals surface area contributed by atoms with Crippen molar-refractivity contribution in [2.75, 3.05) is 59.3 Å². The molecule has 1 saturated heterocycles. The number of ketones is 1. The molecule has 0 saturated carbocycles. The topological polar surface area (TPSA) is 36.0 Å². The van der Waals surface area contributed by atoms with Crippen molar-refractivity contribution in [3.05, 3.63) is 89.5 Å². The van der Waals surface area contributed by atoms with E-state index in [0.717, 1.165) is 72.8 Å². The van der Waals surface area contributed by atoms with Gasteiger partial charge in [-0.05, 0) is 81.2 Å². The predicted octanol–water partition coefficient (Wildman–Crippen LogP) is 5.46. The van der Waals surface area contributed by atoms with Gasteiger partial charge in [0.15, 0.2) is 5.78 Å². The van der Waals surface area contributed by atoms with Crippen molar-refractivity contribution < 1.29 is 9.53 Å². The van der Waals surface area contributed by atoms with E-state index in [1.165, 1.54) is 0 Å². The third kappa shape index (κ3) is 6.42. The number of rotatable bonds is 8. The number of methoxy groups -OCH3 is 1. The minimum absolute atomic E-state index is 0.0194. The summed E-state index contributed by atoms with van der Waals surface area (Å²) in [5.74, 6) is 0.876. The van der Waals surface area contributed by atoms with Crippen LogP contribution in [0.3, 0.4) is 0 Å². The van der Waals surface area contributed by atoms with Gasteiger partial charge in [0.1, 0.15) is 5.75 Å². The van der Waals surface area contributed by atoms with Crippen LogP contribution >= 0.6 is 0 Å². The number of benzene rings is 3. The lowest BCUT2D eigenvalue weighted by atomic mass is 9.99. The molecular formula is C31H37N3O2. The number of carbonyl (C=O) groups is 1. The normalized spacial score (nSPS) is 14.9. The van der Waals surface area contributed by atoms with Crippen LogP contribution in [0.4, 0.5) is 5.69 Å². The summed E-state index contributed by atoms with van der Waals surface area (Å²) in [4.78, 5) is 20.0. The average molecular weight is 484 g/mol. The number of anilines is 1. The second kappa shape index (κ2) is 12.0. The molecule has 188 valence electrons. The van der Waals surface area contributed by atoms with Gasteiger partial charge in [0, 0.05) is 43.0 Å². The third-order valence-corrected chi connectivity index (χ3v) is 6.63. The van der Waals surface area contributed by atoms with Crippen LogP contribution in [0.5, 0.6) is 5.75 Å². The smallest absolute Gasteiger partial charge is 0.185 e. The van der Waals surface area contributed by atoms with E-state index in [0.29, 0.717) is 5.56 Å². The van der Waals surface area contributed by atoms with Crippen molar-refractivity contribution in [1.82, 2.24) is 9.80 Å². The molecule has 3 aromatic carbocycles. The first-order chi connectivity index (χ1) is 17.4. The first kappa shape index (κ1) is 25.7. The van der Waals surface area contributed by atoms with Gasteiger partial charge >= 0.3 is 0 Å². The molecule has 1 fully saturated rings. The molecule has 0 spiro atoms. The molecule has 1 aliphatic heterocycles. The SMILES string of the molecule is COc1ccccc1-c1ccc(C=CC(=O)c2cccc(CN(C)C)c2)c(N2CCCN(C)CC2)c1. The standard InChI is InChI=1S/C31H37N3O2/c1-32(2)23-24-9-7-10-27(21-24)30(35)16-15-25-13-14-26(28-11-5-6-12-31(28)36-4)22-29(25)34-18-8-17-33(3)19-20-34/h5-7,9-16,21-22H,8,17-20,23H2,1-4H3. The Hall–Kier alpha value is -3.41. The highest BCUT2D eigenvalue weighted by Crippen LogP contribution is 2.34. The zero-order valence-electron chi connectivity index (χ0n) is 21.9. The first-order valence-electron chi connectivity index (χ1n) is 12.6. The molecule has 0 radical (unpaired) electrons. The van der Waals surface area contributed by atoms with Crippen molar-refractivity contribution in [2.24, 2.45) is 0 Å². The summed E-state index contributed by atoms with van der Waals surface area (Å²) >= 11 is 0. The quantitative estimate of drug-likeness (QED) is 0.314. The van der Waals surface area contributed by atoms with E-state index in [4.69, 9.17) is 4.74 Å². The van der Waals surface area contributed by atoms with Gasteiger partial charge in [-0.3, -0.25) is 4.79 Å². The van der Waals surface area contributed by atoms with Crippen molar-refractivity contribution in [3.63, 3.8) is 0 Å². The number of allylic oxidation sites excluding steroid dienone is 1. The molecule has 3 aromatic rings. The second-order valence-corrected chi connectivity index (χ2v) is 9.75. The number of nitrogens with zero attached hydrogens (tertiary/aromatic N) is 3. The van der Waals surface area contributed by atoms with Crippen LogP contribution in [0, 0.1) is 0 Å². The molecule has 0 N–H and O–H groups in total. The summed E-state index contributed by atoms with van der Waals surface area (Å²) in [5.41, 5.74) is 6.23. The highest BCUT2D eigenvalue weighted by atomic mass is 16.5. The molecule has 5 heteroatoms. The predicted molar refractivity (Wildman–Crippen MR) is 150 cm³/mol. The van der Waals surface area contributed by atoms with Crippen LogP contribution in [0.25, 0.3) is 17.2 Å². The fourth-order valence-electron chi connectivity index (χ4n) is 4.75. The number of ether oxygens (including phenoxy) is 1. The fourth-order valence-corrected chi connectivity index (χ4v) is 4.75. The molecule has 1 heterocycles. The Morgan fingerprint density at radius 3 is 2.61 bits per heavy atom. The van der Waals surface area contributed by atoms with E-state index in [-0.39, 0.29) is 5.78 Å². The molecule has 1 aliphatic rings. The molecule has 0 amide bonds. The summed E-state index contributed by atoms with van der Waals surface area (Å²) in [5, 5.41) is 0. The van der Waals surface area contributed by atoms with Crippen LogP contribution in [-0.2, 0) is 6.54 Å². The van der Waals surface area contributed by atoms with Crippen molar-refractivity contribution in [3.8, 4) is 16.9 Å². The molecule has 0 bridgehead atoms. The lowest BCUT2D eigenvalue weighted by molar-refractivity contribution is 0.104. The van der Waals surface area contributed by atoms with Crippen LogP contribution in [0.2, 0.25) is 0 Å². The van der Waals surface area contributed by atoms with Gasteiger partial charge in [-0.1, -0.05) is 48.5 Å². The van der Waals surface area contributed by atoms with E-state index >= 15 is 0 Å². The Morgan fingerprint density at radius 2 is 1.81 bits per heavy atom. The first-order valence-corrected chi connectivity index (χ1v) is 12.6. The second-order valence-electron chi connectivity index (χ2n) is 9.75. The number of hydrogen-bond donors (Lipinski definition) is 0. The van der Waals surface area contributed by atoms with Gasteiger partial charge in [-0.25, -0.2) is 0 Å². The lowest BCUT2D eigenvalue weighted by Crippen LogP contribution is -2.29. The Morgan fingerprint density at radius 1 is 0.972 bits per heavy atom. The van der Waals surface area contributed by atoms with E-state index in [1.807, 2.05) is 56.6 Å². The Kier molecular flexibility index (Phi) is 8.57. The van der Waals surface area contributed by atoms with E-state index in [9.17, 15) is 4.79 Å². The summed E-state index contributed by atoms with van der Waals surface area (Å²) < 4.78 is 5.63. The molecule has 5 nitrogen and oxygen atoms in total. The summed E-state index contributed by atoms with van der Waals surface area (Å²) in [6.45, 7) is 4.85. The van der Waals surface area contributed by atoms with Gasteiger partial charge in [0.2, 0.25) is 0 Å². The zero-order valence-corrected chi connectivity index (χ0v) is 21.9. The molecule has 4 rings (SSSR count).